The Morgan fingerprint density at radius 3 is 2.40 bits per heavy atom. The van der Waals surface area contributed by atoms with Crippen LogP contribution in [0.2, 0.25) is 0 Å². The fourth-order valence-electron chi connectivity index (χ4n) is 2.80. The molecule has 3 rings (SSSR count). The van der Waals surface area contributed by atoms with Crippen molar-refractivity contribution in [2.45, 2.75) is 18.7 Å². The van der Waals surface area contributed by atoms with Gasteiger partial charge >= 0.3 is 0 Å². The van der Waals surface area contributed by atoms with Crippen LogP contribution in [0.25, 0.3) is 6.08 Å². The molecule has 1 aliphatic rings. The van der Waals surface area contributed by atoms with Gasteiger partial charge in [-0.2, -0.15) is 8.42 Å². The average molecular weight is 447 g/mol. The second kappa shape index (κ2) is 8.93. The lowest BCUT2D eigenvalue weighted by molar-refractivity contribution is -0.122. The molecule has 0 bridgehead atoms. The molecule has 0 radical (unpaired) electrons. The molecule has 0 atom stereocenters. The Labute approximate surface area is 180 Å². The number of hydrogen-bond acceptors (Lipinski definition) is 6. The van der Waals surface area contributed by atoms with Crippen molar-refractivity contribution in [2.24, 2.45) is 4.40 Å². The highest BCUT2D eigenvalue weighted by atomic mass is 32.2. The first-order valence-corrected chi connectivity index (χ1v) is 11.4. The summed E-state index contributed by atoms with van der Waals surface area (Å²) >= 11 is 1.02. The van der Waals surface area contributed by atoms with Crippen LogP contribution in [0.3, 0.4) is 0 Å². The molecule has 0 unspecified atom stereocenters. The minimum absolute atomic E-state index is 0.0824. The van der Waals surface area contributed by atoms with Crippen molar-refractivity contribution in [3.8, 4) is 11.5 Å². The van der Waals surface area contributed by atoms with Crippen molar-refractivity contribution in [2.75, 3.05) is 20.8 Å². The molecule has 0 aromatic heterocycles. The van der Waals surface area contributed by atoms with E-state index in [1.807, 2.05) is 6.92 Å². The number of likely N-dealkylation sites (N-methyl/N-ethyl adjacent to an activating group) is 1. The van der Waals surface area contributed by atoms with Gasteiger partial charge in [0.1, 0.15) is 11.5 Å². The summed E-state index contributed by atoms with van der Waals surface area (Å²) in [4.78, 5) is 14.6. The molecule has 158 valence electrons. The van der Waals surface area contributed by atoms with Gasteiger partial charge in [0.2, 0.25) is 0 Å². The van der Waals surface area contributed by atoms with Gasteiger partial charge in [-0.15, -0.1) is 4.40 Å². The number of methoxy groups -OCH3 is 2. The highest BCUT2D eigenvalue weighted by Gasteiger charge is 2.34. The predicted molar refractivity (Wildman–Crippen MR) is 118 cm³/mol. The third-order valence-corrected chi connectivity index (χ3v) is 6.85. The van der Waals surface area contributed by atoms with Crippen molar-refractivity contribution in [3.05, 3.63) is 58.5 Å². The summed E-state index contributed by atoms with van der Waals surface area (Å²) in [5.74, 6) is 0.857. The molecule has 1 amide bonds. The van der Waals surface area contributed by atoms with Crippen molar-refractivity contribution >= 4 is 38.9 Å². The molecule has 2 aromatic rings. The molecule has 0 N–H and O–H groups in total. The quantitative estimate of drug-likeness (QED) is 0.629. The van der Waals surface area contributed by atoms with Crippen molar-refractivity contribution < 1.29 is 22.7 Å². The second-order valence-electron chi connectivity index (χ2n) is 6.43. The predicted octanol–water partition coefficient (Wildman–Crippen LogP) is 3.69. The highest BCUT2D eigenvalue weighted by molar-refractivity contribution is 8.19. The van der Waals surface area contributed by atoms with Crippen molar-refractivity contribution in [1.82, 2.24) is 4.90 Å². The number of aryl methyl sites for hydroxylation is 1. The van der Waals surface area contributed by atoms with Gasteiger partial charge in [0.15, 0.2) is 5.17 Å². The summed E-state index contributed by atoms with van der Waals surface area (Å²) in [6.45, 7) is 3.94. The van der Waals surface area contributed by atoms with Crippen LogP contribution in [0, 0.1) is 6.92 Å². The minimum Gasteiger partial charge on any atom is -0.497 e. The second-order valence-corrected chi connectivity index (χ2v) is 9.04. The maximum absolute atomic E-state index is 12.8. The fourth-order valence-corrected chi connectivity index (χ4v) is 5.03. The first-order valence-electron chi connectivity index (χ1n) is 9.14. The van der Waals surface area contributed by atoms with Gasteiger partial charge in [0.05, 0.1) is 24.0 Å². The van der Waals surface area contributed by atoms with Gasteiger partial charge in [-0.1, -0.05) is 17.7 Å². The van der Waals surface area contributed by atoms with E-state index in [0.717, 1.165) is 17.3 Å². The lowest BCUT2D eigenvalue weighted by Gasteiger charge is -2.12. The molecule has 30 heavy (non-hydrogen) atoms. The number of amides is 1. The van der Waals surface area contributed by atoms with Crippen LogP contribution in [-0.2, 0) is 14.8 Å². The van der Waals surface area contributed by atoms with Crippen molar-refractivity contribution in [1.29, 1.82) is 0 Å². The largest absolute Gasteiger partial charge is 0.497 e. The zero-order valence-electron chi connectivity index (χ0n) is 17.1. The number of hydrogen-bond donors (Lipinski definition) is 0. The zero-order valence-corrected chi connectivity index (χ0v) is 18.7. The van der Waals surface area contributed by atoms with E-state index in [1.165, 1.54) is 24.1 Å². The third kappa shape index (κ3) is 4.52. The molecule has 0 aliphatic carbocycles. The summed E-state index contributed by atoms with van der Waals surface area (Å²) in [7, 11) is -0.857. The van der Waals surface area contributed by atoms with E-state index in [1.54, 1.807) is 50.4 Å². The maximum atomic E-state index is 12.8. The molecule has 0 spiro atoms. The maximum Gasteiger partial charge on any atom is 0.284 e. The zero-order chi connectivity index (χ0) is 21.9. The van der Waals surface area contributed by atoms with E-state index < -0.39 is 10.0 Å². The van der Waals surface area contributed by atoms with Gasteiger partial charge in [-0.25, -0.2) is 0 Å². The Bertz CT molecular complexity index is 1120. The SMILES string of the molecule is CCN1C(=O)/C(=C/c2ccc(OC)cc2OC)SC1=NS(=O)(=O)c1ccc(C)cc1. The Morgan fingerprint density at radius 1 is 1.10 bits per heavy atom. The molecule has 1 aliphatic heterocycles. The molecule has 0 saturated carbocycles. The van der Waals surface area contributed by atoms with Crippen LogP contribution >= 0.6 is 11.8 Å². The van der Waals surface area contributed by atoms with Crippen LogP contribution in [0.5, 0.6) is 11.5 Å². The highest BCUT2D eigenvalue weighted by Crippen LogP contribution is 2.36. The Morgan fingerprint density at radius 2 is 1.80 bits per heavy atom. The Balaban J connectivity index is 1.98. The summed E-state index contributed by atoms with van der Waals surface area (Å²) < 4.78 is 39.9. The number of ether oxygens (including phenoxy) is 2. The van der Waals surface area contributed by atoms with E-state index in [2.05, 4.69) is 4.40 Å². The van der Waals surface area contributed by atoms with Crippen LogP contribution in [-0.4, -0.2) is 45.2 Å². The van der Waals surface area contributed by atoms with Gasteiger partial charge in [0.25, 0.3) is 15.9 Å². The smallest absolute Gasteiger partial charge is 0.284 e. The summed E-state index contributed by atoms with van der Waals surface area (Å²) in [6, 6.07) is 11.7. The number of thioether (sulfide) groups is 1. The monoisotopic (exact) mass is 446 g/mol. The number of sulfonamides is 1. The molecule has 1 heterocycles. The molecular weight excluding hydrogens is 424 g/mol. The van der Waals surface area contributed by atoms with E-state index in [0.29, 0.717) is 28.5 Å². The number of rotatable bonds is 6. The number of carbonyl (C=O) groups excluding carboxylic acids is 1. The van der Waals surface area contributed by atoms with Crippen LogP contribution < -0.4 is 9.47 Å². The molecule has 9 heteroatoms. The van der Waals surface area contributed by atoms with Crippen LogP contribution in [0.4, 0.5) is 0 Å². The number of amidine groups is 1. The number of benzene rings is 2. The normalized spacial score (nSPS) is 17.1. The Kier molecular flexibility index (Phi) is 6.52. The van der Waals surface area contributed by atoms with E-state index in [4.69, 9.17) is 9.47 Å². The minimum atomic E-state index is -3.94. The van der Waals surface area contributed by atoms with Crippen molar-refractivity contribution in [3.63, 3.8) is 0 Å². The van der Waals surface area contributed by atoms with Gasteiger partial charge < -0.3 is 9.47 Å². The summed E-state index contributed by atoms with van der Waals surface area (Å²) in [5, 5.41) is 0.127. The van der Waals surface area contributed by atoms with E-state index in [-0.39, 0.29) is 16.0 Å². The topological polar surface area (TPSA) is 85.3 Å². The first-order chi connectivity index (χ1) is 14.3. The first kappa shape index (κ1) is 21.9. The van der Waals surface area contributed by atoms with E-state index >= 15 is 0 Å². The molecule has 1 saturated heterocycles. The van der Waals surface area contributed by atoms with Gasteiger partial charge in [-0.05, 0) is 56.0 Å². The van der Waals surface area contributed by atoms with Crippen LogP contribution in [0.15, 0.2) is 56.7 Å². The fraction of sp³-hybridized carbons (Fsp3) is 0.238. The lowest BCUT2D eigenvalue weighted by Crippen LogP contribution is -2.29. The number of carbonyl (C=O) groups is 1. The molecule has 7 nitrogen and oxygen atoms in total. The Hall–Kier alpha value is -2.78. The molecular formula is C21H22N2O5S2. The summed E-state index contributed by atoms with van der Waals surface area (Å²) in [6.07, 6.45) is 1.66. The van der Waals surface area contributed by atoms with Gasteiger partial charge in [-0.3, -0.25) is 9.69 Å². The summed E-state index contributed by atoms with van der Waals surface area (Å²) in [5.41, 5.74) is 1.62. The van der Waals surface area contributed by atoms with Crippen LogP contribution in [0.1, 0.15) is 18.1 Å². The third-order valence-electron chi connectivity index (χ3n) is 4.45. The number of nitrogens with zero attached hydrogens (tertiary/aromatic N) is 2. The standard InChI is InChI=1S/C21H22N2O5S2/c1-5-23-20(24)19(12-15-8-9-16(27-3)13-18(15)28-4)29-21(23)22-30(25,26)17-10-6-14(2)7-11-17/h6-13H,5H2,1-4H3/b19-12-,22-21?. The van der Waals surface area contributed by atoms with E-state index in [9.17, 15) is 13.2 Å². The lowest BCUT2D eigenvalue weighted by atomic mass is 10.1. The molecule has 1 fully saturated rings. The average Bonchev–Trinajstić information content (AvgIpc) is 3.01. The molecule has 2 aromatic carbocycles. The van der Waals surface area contributed by atoms with Gasteiger partial charge in [0, 0.05) is 18.2 Å².